The van der Waals surface area contributed by atoms with Crippen LogP contribution in [-0.2, 0) is 16.1 Å². The van der Waals surface area contributed by atoms with Crippen molar-refractivity contribution in [3.63, 3.8) is 0 Å². The van der Waals surface area contributed by atoms with Crippen LogP contribution in [0.3, 0.4) is 0 Å². The van der Waals surface area contributed by atoms with Crippen molar-refractivity contribution in [3.8, 4) is 0 Å². The van der Waals surface area contributed by atoms with Crippen LogP contribution in [0.2, 0.25) is 0 Å². The highest BCUT2D eigenvalue weighted by molar-refractivity contribution is 9.10. The van der Waals surface area contributed by atoms with Crippen LogP contribution < -0.4 is 5.73 Å². The van der Waals surface area contributed by atoms with Gasteiger partial charge < -0.3 is 10.5 Å². The highest BCUT2D eigenvalue weighted by Gasteiger charge is 2.14. The molecule has 0 aliphatic carbocycles. The predicted octanol–water partition coefficient (Wildman–Crippen LogP) is 1.84. The normalized spacial score (nSPS) is 12.1. The molecule has 0 aromatic heterocycles. The zero-order chi connectivity index (χ0) is 11.1. The molecular weight excluding hydrogens is 258 g/mol. The number of alkyl halides is 1. The van der Waals surface area contributed by atoms with E-state index in [0.29, 0.717) is 19.6 Å². The maximum Gasteiger partial charge on any atom is 0.320 e. The van der Waals surface area contributed by atoms with Crippen LogP contribution >= 0.6 is 15.9 Å². The van der Waals surface area contributed by atoms with Gasteiger partial charge in [0.1, 0.15) is 11.4 Å². The molecule has 0 saturated heterocycles. The van der Waals surface area contributed by atoms with Crippen LogP contribution in [0, 0.1) is 0 Å². The lowest BCUT2D eigenvalue weighted by Gasteiger charge is -2.08. The summed E-state index contributed by atoms with van der Waals surface area (Å²) in [6, 6.07) is 9.58. The first-order valence-electron chi connectivity index (χ1n) is 4.78. The lowest BCUT2D eigenvalue weighted by Crippen LogP contribution is -2.20. The number of halogens is 1. The molecule has 0 bridgehead atoms. The maximum atomic E-state index is 11.4. The first-order chi connectivity index (χ1) is 7.24. The predicted molar refractivity (Wildman–Crippen MR) is 62.6 cm³/mol. The molecule has 3 nitrogen and oxygen atoms in total. The Balaban J connectivity index is 2.34. The Hall–Kier alpha value is -0.870. The molecule has 82 valence electrons. The summed E-state index contributed by atoms with van der Waals surface area (Å²) in [7, 11) is 0. The molecule has 1 unspecified atom stereocenters. The fourth-order valence-electron chi connectivity index (χ4n) is 1.08. The number of hydrogen-bond donors (Lipinski definition) is 1. The summed E-state index contributed by atoms with van der Waals surface area (Å²) in [5.41, 5.74) is 6.32. The minimum Gasteiger partial charge on any atom is -0.460 e. The minimum atomic E-state index is -0.300. The third-order valence-corrected chi connectivity index (χ3v) is 2.73. The van der Waals surface area contributed by atoms with Gasteiger partial charge in [-0.3, -0.25) is 4.79 Å². The van der Waals surface area contributed by atoms with Crippen molar-refractivity contribution >= 4 is 21.9 Å². The number of benzene rings is 1. The largest absolute Gasteiger partial charge is 0.460 e. The molecule has 2 N–H and O–H groups in total. The highest BCUT2D eigenvalue weighted by atomic mass is 79.9. The van der Waals surface area contributed by atoms with Gasteiger partial charge in [0.15, 0.2) is 0 Å². The van der Waals surface area contributed by atoms with E-state index in [-0.39, 0.29) is 10.8 Å². The molecule has 0 heterocycles. The van der Waals surface area contributed by atoms with E-state index in [9.17, 15) is 4.79 Å². The minimum absolute atomic E-state index is 0.260. The lowest BCUT2D eigenvalue weighted by atomic mass is 10.2. The first-order valence-corrected chi connectivity index (χ1v) is 5.70. The van der Waals surface area contributed by atoms with Crippen molar-refractivity contribution in [3.05, 3.63) is 35.9 Å². The summed E-state index contributed by atoms with van der Waals surface area (Å²) in [6.07, 6.45) is 0.591. The molecule has 0 aliphatic rings. The second-order valence-corrected chi connectivity index (χ2v) is 4.24. The van der Waals surface area contributed by atoms with Gasteiger partial charge in [-0.15, -0.1) is 0 Å². The number of esters is 1. The third kappa shape index (κ3) is 4.44. The summed E-state index contributed by atoms with van der Waals surface area (Å²) in [4.78, 5) is 11.1. The van der Waals surface area contributed by atoms with Gasteiger partial charge in [0, 0.05) is 0 Å². The van der Waals surface area contributed by atoms with Crippen molar-refractivity contribution in [2.45, 2.75) is 17.9 Å². The number of hydrogen-bond acceptors (Lipinski definition) is 3. The molecule has 0 radical (unpaired) electrons. The zero-order valence-corrected chi connectivity index (χ0v) is 9.94. The van der Waals surface area contributed by atoms with E-state index in [1.807, 2.05) is 30.3 Å². The third-order valence-electron chi connectivity index (χ3n) is 1.90. The van der Waals surface area contributed by atoms with E-state index in [1.54, 1.807) is 0 Å². The summed E-state index contributed by atoms with van der Waals surface area (Å²) >= 11 is 3.22. The van der Waals surface area contributed by atoms with E-state index in [2.05, 4.69) is 15.9 Å². The van der Waals surface area contributed by atoms with Crippen LogP contribution in [0.15, 0.2) is 30.3 Å². The monoisotopic (exact) mass is 271 g/mol. The Morgan fingerprint density at radius 2 is 2.07 bits per heavy atom. The summed E-state index contributed by atoms with van der Waals surface area (Å²) in [5.74, 6) is -0.260. The van der Waals surface area contributed by atoms with Crippen LogP contribution in [0.5, 0.6) is 0 Å². The molecule has 0 spiro atoms. The summed E-state index contributed by atoms with van der Waals surface area (Å²) in [5, 5.41) is 0. The summed E-state index contributed by atoms with van der Waals surface area (Å²) in [6.45, 7) is 0.780. The second kappa shape index (κ2) is 6.58. The van der Waals surface area contributed by atoms with Gasteiger partial charge in [0.25, 0.3) is 0 Å². The number of nitrogens with two attached hydrogens (primary N) is 1. The number of rotatable bonds is 5. The molecule has 1 aromatic rings. The van der Waals surface area contributed by atoms with Crippen LogP contribution in [0.25, 0.3) is 0 Å². The molecule has 1 aromatic carbocycles. The number of carbonyl (C=O) groups excluding carboxylic acids is 1. The Kier molecular flexibility index (Phi) is 5.36. The van der Waals surface area contributed by atoms with Crippen molar-refractivity contribution < 1.29 is 9.53 Å². The Morgan fingerprint density at radius 1 is 1.40 bits per heavy atom. The molecule has 0 amide bonds. The molecule has 15 heavy (non-hydrogen) atoms. The van der Waals surface area contributed by atoms with E-state index in [0.717, 1.165) is 5.56 Å². The van der Waals surface area contributed by atoms with Gasteiger partial charge in [0.2, 0.25) is 0 Å². The average Bonchev–Trinajstić information content (AvgIpc) is 2.27. The van der Waals surface area contributed by atoms with Gasteiger partial charge in [-0.05, 0) is 18.5 Å². The van der Waals surface area contributed by atoms with Gasteiger partial charge in [-0.2, -0.15) is 0 Å². The van der Waals surface area contributed by atoms with Crippen molar-refractivity contribution in [2.24, 2.45) is 5.73 Å². The molecule has 1 atom stereocenters. The quantitative estimate of drug-likeness (QED) is 0.657. The number of ether oxygens (including phenoxy) is 1. The molecule has 1 rings (SSSR count). The molecular formula is C11H14BrNO2. The van der Waals surface area contributed by atoms with Crippen molar-refractivity contribution in [2.75, 3.05) is 6.54 Å². The Labute approximate surface area is 97.7 Å². The standard InChI is InChI=1S/C11H14BrNO2/c12-10(6-7-13)11(14)15-8-9-4-2-1-3-5-9/h1-5,10H,6-8,13H2. The average molecular weight is 272 g/mol. The van der Waals surface area contributed by atoms with Gasteiger partial charge in [0.05, 0.1) is 0 Å². The van der Waals surface area contributed by atoms with Crippen LogP contribution in [-0.4, -0.2) is 17.3 Å². The number of carbonyl (C=O) groups is 1. The Bertz CT molecular complexity index is 303. The van der Waals surface area contributed by atoms with Crippen molar-refractivity contribution in [1.82, 2.24) is 0 Å². The Morgan fingerprint density at radius 3 is 2.67 bits per heavy atom. The van der Waals surface area contributed by atoms with E-state index >= 15 is 0 Å². The maximum absolute atomic E-state index is 11.4. The van der Waals surface area contributed by atoms with Crippen molar-refractivity contribution in [1.29, 1.82) is 0 Å². The fraction of sp³-hybridized carbons (Fsp3) is 0.364. The van der Waals surface area contributed by atoms with Gasteiger partial charge in [-0.25, -0.2) is 0 Å². The second-order valence-electron chi connectivity index (χ2n) is 3.14. The first kappa shape index (κ1) is 12.2. The highest BCUT2D eigenvalue weighted by Crippen LogP contribution is 2.08. The SMILES string of the molecule is NCCC(Br)C(=O)OCc1ccccc1. The van der Waals surface area contributed by atoms with Crippen LogP contribution in [0.4, 0.5) is 0 Å². The molecule has 0 aliphatic heterocycles. The summed E-state index contributed by atoms with van der Waals surface area (Å²) < 4.78 is 5.10. The fourth-order valence-corrected chi connectivity index (χ4v) is 1.48. The van der Waals surface area contributed by atoms with E-state index in [1.165, 1.54) is 0 Å². The van der Waals surface area contributed by atoms with E-state index < -0.39 is 0 Å². The van der Waals surface area contributed by atoms with Gasteiger partial charge in [-0.1, -0.05) is 46.3 Å². The van der Waals surface area contributed by atoms with Gasteiger partial charge >= 0.3 is 5.97 Å². The lowest BCUT2D eigenvalue weighted by molar-refractivity contribution is -0.144. The molecule has 4 heteroatoms. The van der Waals surface area contributed by atoms with Crippen LogP contribution in [0.1, 0.15) is 12.0 Å². The smallest absolute Gasteiger partial charge is 0.320 e. The zero-order valence-electron chi connectivity index (χ0n) is 8.36. The molecule has 0 saturated carbocycles. The van der Waals surface area contributed by atoms with E-state index in [4.69, 9.17) is 10.5 Å². The topological polar surface area (TPSA) is 52.3 Å². The molecule has 0 fully saturated rings.